The van der Waals surface area contributed by atoms with Gasteiger partial charge in [-0.15, -0.1) is 10.2 Å². The molecule has 1 aliphatic carbocycles. The van der Waals surface area contributed by atoms with Gasteiger partial charge in [0.05, 0.1) is 12.7 Å². The number of para-hydroxylation sites is 1. The number of rotatable bonds is 5. The molecule has 2 fully saturated rings. The number of ether oxygens (including phenoxy) is 1. The van der Waals surface area contributed by atoms with E-state index in [2.05, 4.69) is 20.6 Å². The Morgan fingerprint density at radius 2 is 1.94 bits per heavy atom. The van der Waals surface area contributed by atoms with E-state index in [0.29, 0.717) is 31.7 Å². The third-order valence-corrected chi connectivity index (χ3v) is 6.15. The second-order valence-corrected chi connectivity index (χ2v) is 8.26. The normalized spacial score (nSPS) is 22.9. The maximum atomic E-state index is 14.3. The maximum absolute atomic E-state index is 14.3. The average Bonchev–Trinajstić information content (AvgIpc) is 3.34. The molecule has 1 aromatic carbocycles. The van der Waals surface area contributed by atoms with E-state index in [1.54, 1.807) is 36.5 Å². The summed E-state index contributed by atoms with van der Waals surface area (Å²) in [5, 5.41) is 15.0. The van der Waals surface area contributed by atoms with Gasteiger partial charge in [-0.1, -0.05) is 12.1 Å². The molecule has 32 heavy (non-hydrogen) atoms. The van der Waals surface area contributed by atoms with Crippen molar-refractivity contribution >= 4 is 17.7 Å². The van der Waals surface area contributed by atoms with Crippen molar-refractivity contribution in [3.05, 3.63) is 60.4 Å². The van der Waals surface area contributed by atoms with Crippen molar-refractivity contribution in [3.63, 3.8) is 0 Å². The monoisotopic (exact) mass is 440 g/mol. The Kier molecular flexibility index (Phi) is 5.20. The standard InChI is InChI=1S/C22H22F2N6O2/c23-16-4-1-2-5-18(16)30-13-17(24)20(28-30)25-12-15-7-9-22(10-8-15)14-29(21(31)32-22)19-6-3-11-26-27-19/h1-6,11,13,15H,7-10,12,14H2,(H,25,28)/t15-,22-. The molecule has 1 spiro atoms. The molecule has 1 aliphatic heterocycles. The minimum atomic E-state index is -0.537. The first kappa shape index (κ1) is 20.3. The molecule has 5 rings (SSSR count). The van der Waals surface area contributed by atoms with E-state index >= 15 is 0 Å². The number of hydrogen-bond donors (Lipinski definition) is 1. The van der Waals surface area contributed by atoms with E-state index in [-0.39, 0.29) is 17.4 Å². The Morgan fingerprint density at radius 3 is 2.69 bits per heavy atom. The number of nitrogens with one attached hydrogen (secondary N) is 1. The minimum Gasteiger partial charge on any atom is -0.441 e. The van der Waals surface area contributed by atoms with Crippen LogP contribution in [0, 0.1) is 17.6 Å². The van der Waals surface area contributed by atoms with Gasteiger partial charge in [0, 0.05) is 12.7 Å². The summed E-state index contributed by atoms with van der Waals surface area (Å²) in [5.41, 5.74) is -0.335. The molecule has 1 saturated carbocycles. The molecule has 3 heterocycles. The van der Waals surface area contributed by atoms with Crippen LogP contribution in [0.3, 0.4) is 0 Å². The summed E-state index contributed by atoms with van der Waals surface area (Å²) in [5.74, 6) is -0.151. The molecule has 8 nitrogen and oxygen atoms in total. The molecule has 0 unspecified atom stereocenters. The average molecular weight is 440 g/mol. The van der Waals surface area contributed by atoms with E-state index in [0.717, 1.165) is 19.0 Å². The van der Waals surface area contributed by atoms with Crippen LogP contribution >= 0.6 is 0 Å². The van der Waals surface area contributed by atoms with Crippen molar-refractivity contribution in [2.24, 2.45) is 5.92 Å². The fourth-order valence-electron chi connectivity index (χ4n) is 4.38. The predicted molar refractivity (Wildman–Crippen MR) is 113 cm³/mol. The summed E-state index contributed by atoms with van der Waals surface area (Å²) in [7, 11) is 0. The Labute approximate surface area is 183 Å². The first-order valence-corrected chi connectivity index (χ1v) is 10.6. The van der Waals surface area contributed by atoms with Crippen molar-refractivity contribution < 1.29 is 18.3 Å². The maximum Gasteiger partial charge on any atom is 0.416 e. The summed E-state index contributed by atoms with van der Waals surface area (Å²) in [6, 6.07) is 9.56. The highest BCUT2D eigenvalue weighted by atomic mass is 19.1. The third-order valence-electron chi connectivity index (χ3n) is 6.15. The molecule has 1 N–H and O–H groups in total. The molecule has 1 amide bonds. The molecule has 1 saturated heterocycles. The lowest BCUT2D eigenvalue weighted by molar-refractivity contribution is 0.0148. The van der Waals surface area contributed by atoms with Gasteiger partial charge < -0.3 is 10.1 Å². The summed E-state index contributed by atoms with van der Waals surface area (Å²) < 4.78 is 35.2. The highest BCUT2D eigenvalue weighted by molar-refractivity contribution is 5.89. The van der Waals surface area contributed by atoms with Crippen molar-refractivity contribution in [1.29, 1.82) is 0 Å². The Balaban J connectivity index is 1.18. The van der Waals surface area contributed by atoms with E-state index in [1.165, 1.54) is 15.6 Å². The van der Waals surface area contributed by atoms with E-state index in [4.69, 9.17) is 4.74 Å². The van der Waals surface area contributed by atoms with Crippen LogP contribution in [0.5, 0.6) is 0 Å². The molecule has 0 atom stereocenters. The van der Waals surface area contributed by atoms with Crippen LogP contribution in [-0.2, 0) is 4.74 Å². The van der Waals surface area contributed by atoms with Gasteiger partial charge >= 0.3 is 6.09 Å². The van der Waals surface area contributed by atoms with Crippen LogP contribution in [-0.4, -0.2) is 44.8 Å². The molecule has 3 aromatic rings. The topological polar surface area (TPSA) is 85.2 Å². The number of aromatic nitrogens is 4. The summed E-state index contributed by atoms with van der Waals surface area (Å²) in [6.07, 6.45) is 5.40. The molecule has 0 bridgehead atoms. The van der Waals surface area contributed by atoms with Gasteiger partial charge in [-0.3, -0.25) is 4.90 Å². The van der Waals surface area contributed by atoms with Gasteiger partial charge in [-0.2, -0.15) is 5.10 Å². The highest BCUT2D eigenvalue weighted by Crippen LogP contribution is 2.40. The zero-order valence-electron chi connectivity index (χ0n) is 17.2. The fraction of sp³-hybridized carbons (Fsp3) is 0.364. The smallest absolute Gasteiger partial charge is 0.416 e. The van der Waals surface area contributed by atoms with Gasteiger partial charge in [0.1, 0.15) is 17.1 Å². The number of carbonyl (C=O) groups excluding carboxylic acids is 1. The SMILES string of the molecule is O=C1O[C@]2(CC[C@H](CNc3nn(-c4ccccc4F)cc3F)CC2)CN1c1cccnn1. The number of halogens is 2. The van der Waals surface area contributed by atoms with Crippen LogP contribution in [0.25, 0.3) is 5.69 Å². The number of carbonyl (C=O) groups is 1. The summed E-state index contributed by atoms with van der Waals surface area (Å²) in [6.45, 7) is 0.982. The fourth-order valence-corrected chi connectivity index (χ4v) is 4.38. The molecule has 2 aliphatic rings. The van der Waals surface area contributed by atoms with Crippen molar-refractivity contribution in [1.82, 2.24) is 20.0 Å². The molecule has 10 heteroatoms. The summed E-state index contributed by atoms with van der Waals surface area (Å²) >= 11 is 0. The van der Waals surface area contributed by atoms with Gasteiger partial charge in [0.15, 0.2) is 17.5 Å². The zero-order valence-corrected chi connectivity index (χ0v) is 17.2. The quantitative estimate of drug-likeness (QED) is 0.647. The van der Waals surface area contributed by atoms with E-state index in [1.807, 2.05) is 0 Å². The Bertz CT molecular complexity index is 1110. The number of nitrogens with zero attached hydrogens (tertiary/aromatic N) is 5. The van der Waals surface area contributed by atoms with Gasteiger partial charge in [0.2, 0.25) is 0 Å². The minimum absolute atomic E-state index is 0.0923. The van der Waals surface area contributed by atoms with Crippen molar-refractivity contribution in [3.8, 4) is 5.69 Å². The second kappa shape index (κ2) is 8.18. The van der Waals surface area contributed by atoms with Crippen LogP contribution in [0.2, 0.25) is 0 Å². The third kappa shape index (κ3) is 3.88. The molecule has 166 valence electrons. The molecule has 2 aromatic heterocycles. The van der Waals surface area contributed by atoms with Crippen LogP contribution in [0.15, 0.2) is 48.8 Å². The van der Waals surface area contributed by atoms with Crippen molar-refractivity contribution in [2.45, 2.75) is 31.3 Å². The number of benzene rings is 1. The lowest BCUT2D eigenvalue weighted by atomic mass is 9.78. The Hall–Kier alpha value is -3.56. The lowest BCUT2D eigenvalue weighted by Crippen LogP contribution is -2.39. The van der Waals surface area contributed by atoms with Gasteiger partial charge in [-0.05, 0) is 55.9 Å². The largest absolute Gasteiger partial charge is 0.441 e. The summed E-state index contributed by atoms with van der Waals surface area (Å²) in [4.78, 5) is 13.9. The number of hydrogen-bond acceptors (Lipinski definition) is 6. The number of anilines is 2. The first-order chi connectivity index (χ1) is 15.5. The van der Waals surface area contributed by atoms with Crippen molar-refractivity contribution in [2.75, 3.05) is 23.3 Å². The predicted octanol–water partition coefficient (Wildman–Crippen LogP) is 3.94. The zero-order chi connectivity index (χ0) is 22.1. The van der Waals surface area contributed by atoms with E-state index < -0.39 is 23.3 Å². The van der Waals surface area contributed by atoms with E-state index in [9.17, 15) is 13.6 Å². The Morgan fingerprint density at radius 1 is 1.12 bits per heavy atom. The first-order valence-electron chi connectivity index (χ1n) is 10.6. The van der Waals surface area contributed by atoms with Crippen LogP contribution < -0.4 is 10.2 Å². The van der Waals surface area contributed by atoms with Gasteiger partial charge in [-0.25, -0.2) is 18.3 Å². The molecular formula is C22H22F2N6O2. The van der Waals surface area contributed by atoms with Crippen LogP contribution in [0.1, 0.15) is 25.7 Å². The second-order valence-electron chi connectivity index (χ2n) is 8.26. The van der Waals surface area contributed by atoms with Gasteiger partial charge in [0.25, 0.3) is 0 Å². The highest BCUT2D eigenvalue weighted by Gasteiger charge is 2.48. The molecular weight excluding hydrogens is 418 g/mol. The molecule has 0 radical (unpaired) electrons. The van der Waals surface area contributed by atoms with Crippen LogP contribution in [0.4, 0.5) is 25.2 Å². The lowest BCUT2D eigenvalue weighted by Gasteiger charge is -2.35. The number of amides is 1.